The highest BCUT2D eigenvalue weighted by Gasteiger charge is 2.55. The Kier molecular flexibility index (Phi) is 10.5. The van der Waals surface area contributed by atoms with Gasteiger partial charge in [0.25, 0.3) is 0 Å². The average Bonchev–Trinajstić information content (AvgIpc) is 4.04. The highest BCUT2D eigenvalue weighted by Crippen LogP contribution is 2.48. The second-order valence-electron chi connectivity index (χ2n) is 13.3. The summed E-state index contributed by atoms with van der Waals surface area (Å²) in [5, 5.41) is 21.1. The third-order valence-corrected chi connectivity index (χ3v) is 9.28. The normalized spacial score (nSPS) is 12.4. The molecule has 0 radical (unpaired) electrons. The van der Waals surface area contributed by atoms with Gasteiger partial charge in [-0.15, -0.1) is 0 Å². The predicted molar refractivity (Wildman–Crippen MR) is 186 cm³/mol. The van der Waals surface area contributed by atoms with Crippen LogP contribution in [0, 0.1) is 34.9 Å². The first-order valence-corrected chi connectivity index (χ1v) is 17.4. The number of aromatic nitrogens is 15. The number of benzene rings is 3. The molecule has 3 aromatic carbocycles. The highest BCUT2D eigenvalue weighted by atomic mass is 19.2. The van der Waals surface area contributed by atoms with Gasteiger partial charge in [0, 0.05) is 34.9 Å². The van der Waals surface area contributed by atoms with Gasteiger partial charge in [-0.25, -0.2) is 74.7 Å². The van der Waals surface area contributed by atoms with Gasteiger partial charge in [0.15, 0.2) is 0 Å². The van der Waals surface area contributed by atoms with Crippen LogP contribution < -0.4 is 0 Å². The lowest BCUT2D eigenvalue weighted by Crippen LogP contribution is -2.55. The van der Waals surface area contributed by atoms with Gasteiger partial charge in [-0.1, -0.05) is 12.1 Å². The molecule has 0 saturated heterocycles. The molecule has 59 heavy (non-hydrogen) atoms. The monoisotopic (exact) mass is 817 g/mol. The number of nitrogens with zero attached hydrogens (tertiary/aromatic N) is 15. The van der Waals surface area contributed by atoms with E-state index in [9.17, 15) is 13.2 Å². The second kappa shape index (κ2) is 16.0. The van der Waals surface area contributed by atoms with E-state index in [2.05, 4.69) is 50.4 Å². The van der Waals surface area contributed by atoms with Crippen molar-refractivity contribution in [2.45, 2.75) is 49.7 Å². The lowest BCUT2D eigenvalue weighted by Gasteiger charge is -2.48. The molecule has 0 bridgehead atoms. The molecule has 0 saturated carbocycles. The summed E-state index contributed by atoms with van der Waals surface area (Å²) >= 11 is 0. The van der Waals surface area contributed by atoms with Gasteiger partial charge in [0.1, 0.15) is 116 Å². The summed E-state index contributed by atoms with van der Waals surface area (Å²) in [6.07, 6.45) is 12.3. The molecule has 17 nitrogen and oxygen atoms in total. The zero-order valence-corrected chi connectivity index (χ0v) is 30.3. The lowest BCUT2D eigenvalue weighted by molar-refractivity contribution is -0.363. The molecule has 0 spiro atoms. The summed E-state index contributed by atoms with van der Waals surface area (Å²) in [5.74, 6) is -9.10. The van der Waals surface area contributed by atoms with E-state index in [1.165, 1.54) is 80.4 Å². The summed E-state index contributed by atoms with van der Waals surface area (Å²) in [7, 11) is 0. The van der Waals surface area contributed by atoms with E-state index in [4.69, 9.17) is 9.47 Å². The molecule has 0 atom stereocenters. The van der Waals surface area contributed by atoms with Gasteiger partial charge >= 0.3 is 0 Å². The summed E-state index contributed by atoms with van der Waals surface area (Å²) in [6.45, 7) is -2.56. The minimum absolute atomic E-state index is 0.329. The Bertz CT molecular complexity index is 2380. The second-order valence-corrected chi connectivity index (χ2v) is 13.3. The van der Waals surface area contributed by atoms with Crippen molar-refractivity contribution in [3.05, 3.63) is 169 Å². The fourth-order valence-corrected chi connectivity index (χ4v) is 6.94. The van der Waals surface area contributed by atoms with Crippen molar-refractivity contribution in [1.82, 2.24) is 73.8 Å². The van der Waals surface area contributed by atoms with Crippen LogP contribution in [-0.4, -0.2) is 73.8 Å². The van der Waals surface area contributed by atoms with Crippen molar-refractivity contribution in [1.29, 1.82) is 0 Å². The van der Waals surface area contributed by atoms with E-state index in [1.54, 1.807) is 0 Å². The first-order valence-electron chi connectivity index (χ1n) is 17.4. The van der Waals surface area contributed by atoms with E-state index in [0.717, 1.165) is 42.7 Å². The van der Waals surface area contributed by atoms with Gasteiger partial charge < -0.3 is 9.47 Å². The number of ether oxygens (including phenoxy) is 2. The Balaban J connectivity index is 1.47. The molecular formula is C36H29F6N15O2. The van der Waals surface area contributed by atoms with Gasteiger partial charge in [-0.3, -0.25) is 0 Å². The van der Waals surface area contributed by atoms with Crippen molar-refractivity contribution < 1.29 is 35.8 Å². The molecule has 0 fully saturated rings. The molecule has 8 aromatic rings. The van der Waals surface area contributed by atoms with E-state index in [-0.39, 0.29) is 11.1 Å². The van der Waals surface area contributed by atoms with Crippen LogP contribution in [0.2, 0.25) is 0 Å². The fourth-order valence-electron chi connectivity index (χ4n) is 6.94. The van der Waals surface area contributed by atoms with Crippen LogP contribution >= 0.6 is 0 Å². The maximum absolute atomic E-state index is 16.9. The Morgan fingerprint density at radius 3 is 0.949 bits per heavy atom. The minimum atomic E-state index is -2.73. The van der Waals surface area contributed by atoms with Crippen molar-refractivity contribution in [2.24, 2.45) is 0 Å². The molecule has 0 unspecified atom stereocenters. The number of rotatable bonds is 17. The zero-order valence-electron chi connectivity index (χ0n) is 30.3. The Morgan fingerprint density at radius 1 is 0.390 bits per heavy atom. The van der Waals surface area contributed by atoms with Crippen LogP contribution in [0.25, 0.3) is 0 Å². The van der Waals surface area contributed by atoms with Crippen molar-refractivity contribution in [3.63, 3.8) is 0 Å². The Labute approximate surface area is 328 Å². The third kappa shape index (κ3) is 8.18. The SMILES string of the molecule is Fc1ccc(C(Cn2cncn2)(Cn2cncn2)OC(Cn2cncn2)(OC(Cn2cncn2)(Cn2cncn2)c2ccc(F)cc2F)c2ccc(F)cc2F)c(F)c1. The third-order valence-electron chi connectivity index (χ3n) is 9.28. The minimum Gasteiger partial charge on any atom is -0.329 e. The van der Waals surface area contributed by atoms with Crippen LogP contribution in [0.15, 0.2) is 118 Å². The molecule has 23 heteroatoms. The maximum Gasteiger partial charge on any atom is 0.220 e. The largest absolute Gasteiger partial charge is 0.329 e. The molecule has 0 N–H and O–H groups in total. The van der Waals surface area contributed by atoms with Gasteiger partial charge in [0.2, 0.25) is 5.79 Å². The van der Waals surface area contributed by atoms with Crippen LogP contribution in [0.4, 0.5) is 26.3 Å². The summed E-state index contributed by atoms with van der Waals surface area (Å²) in [5.41, 5.74) is -5.61. The molecule has 0 aliphatic rings. The number of halogens is 6. The van der Waals surface area contributed by atoms with Crippen molar-refractivity contribution in [3.8, 4) is 0 Å². The molecule has 302 valence electrons. The summed E-state index contributed by atoms with van der Waals surface area (Å²) < 4.78 is 115. The Hall–Kier alpha value is -7.14. The van der Waals surface area contributed by atoms with E-state index >= 15 is 13.2 Å². The first kappa shape index (κ1) is 38.7. The highest BCUT2D eigenvalue weighted by molar-refractivity contribution is 5.31. The van der Waals surface area contributed by atoms with E-state index in [0.29, 0.717) is 18.2 Å². The fraction of sp³-hybridized carbons (Fsp3) is 0.222. The molecule has 0 aliphatic carbocycles. The van der Waals surface area contributed by atoms with E-state index in [1.807, 2.05) is 0 Å². The van der Waals surface area contributed by atoms with Crippen LogP contribution in [-0.2, 0) is 59.2 Å². The quantitative estimate of drug-likeness (QED) is 0.0959. The average molecular weight is 818 g/mol. The predicted octanol–water partition coefficient (Wildman–Crippen LogP) is 3.96. The molecule has 0 amide bonds. The van der Waals surface area contributed by atoms with Crippen LogP contribution in [0.3, 0.4) is 0 Å². The number of hydrogen-bond donors (Lipinski definition) is 0. The maximum atomic E-state index is 16.9. The molecule has 5 heterocycles. The molecular weight excluding hydrogens is 788 g/mol. The lowest BCUT2D eigenvalue weighted by atomic mass is 9.89. The first-order chi connectivity index (χ1) is 28.5. The Morgan fingerprint density at radius 2 is 0.678 bits per heavy atom. The topological polar surface area (TPSA) is 172 Å². The zero-order chi connectivity index (χ0) is 41.0. The molecule has 5 aromatic heterocycles. The number of hydrogen-bond acceptors (Lipinski definition) is 12. The molecule has 0 aliphatic heterocycles. The van der Waals surface area contributed by atoms with Crippen LogP contribution in [0.5, 0.6) is 0 Å². The van der Waals surface area contributed by atoms with Gasteiger partial charge in [-0.05, 0) is 24.3 Å². The van der Waals surface area contributed by atoms with Crippen LogP contribution in [0.1, 0.15) is 16.7 Å². The van der Waals surface area contributed by atoms with Crippen molar-refractivity contribution in [2.75, 3.05) is 0 Å². The van der Waals surface area contributed by atoms with Crippen molar-refractivity contribution >= 4 is 0 Å². The van der Waals surface area contributed by atoms with Gasteiger partial charge in [0.05, 0.1) is 26.2 Å². The standard InChI is InChI=1S/C36H29F6N15O2/c37-25-1-4-28(31(40)7-25)34(10-53-20-43-15-48-53,11-54-21-44-16-49-54)58-36(14-57-24-47-19-52-57,30-6-3-27(39)9-33(30)42)59-35(12-55-22-45-17-50-55,13-56-23-46-18-51-56)29-5-2-26(38)8-32(29)41/h1-9,15-24H,10-14H2. The molecule has 8 rings (SSSR count). The van der Waals surface area contributed by atoms with E-state index < -0.39 is 90.2 Å². The smallest absolute Gasteiger partial charge is 0.220 e. The summed E-state index contributed by atoms with van der Waals surface area (Å²) in [6, 6.07) is 7.90. The van der Waals surface area contributed by atoms with Gasteiger partial charge in [-0.2, -0.15) is 25.5 Å². The summed E-state index contributed by atoms with van der Waals surface area (Å²) in [4.78, 5) is 20.1.